The highest BCUT2D eigenvalue weighted by molar-refractivity contribution is 5.88. The van der Waals surface area contributed by atoms with E-state index in [2.05, 4.69) is 12.2 Å². The van der Waals surface area contributed by atoms with Crippen molar-refractivity contribution in [1.29, 1.82) is 0 Å². The lowest BCUT2D eigenvalue weighted by atomic mass is 10.0. The average Bonchev–Trinajstić information content (AvgIpc) is 2.89. The Morgan fingerprint density at radius 3 is 2.03 bits per heavy atom. The summed E-state index contributed by atoms with van der Waals surface area (Å²) in [6.07, 6.45) is 2.20. The number of benzene rings is 3. The van der Waals surface area contributed by atoms with Gasteiger partial charge in [0, 0.05) is 19.5 Å². The number of rotatable bonds is 12. The van der Waals surface area contributed by atoms with Crippen molar-refractivity contribution in [3.05, 3.63) is 102 Å². The van der Waals surface area contributed by atoms with Gasteiger partial charge in [0.1, 0.15) is 11.8 Å². The predicted octanol–water partition coefficient (Wildman–Crippen LogP) is 4.79. The van der Waals surface area contributed by atoms with Gasteiger partial charge in [0.25, 0.3) is 5.91 Å². The topological polar surface area (TPSA) is 58.6 Å². The van der Waals surface area contributed by atoms with Crippen molar-refractivity contribution in [3.8, 4) is 5.75 Å². The third kappa shape index (κ3) is 7.48. The number of nitrogens with zero attached hydrogens (tertiary/aromatic N) is 1. The van der Waals surface area contributed by atoms with Gasteiger partial charge in [-0.3, -0.25) is 9.59 Å². The highest BCUT2D eigenvalue weighted by Crippen LogP contribution is 2.17. The molecule has 0 bridgehead atoms. The van der Waals surface area contributed by atoms with E-state index in [-0.39, 0.29) is 18.4 Å². The smallest absolute Gasteiger partial charge is 0.261 e. The molecule has 0 spiro atoms. The molecule has 5 nitrogen and oxygen atoms in total. The van der Waals surface area contributed by atoms with Crippen molar-refractivity contribution in [2.45, 2.75) is 45.7 Å². The summed E-state index contributed by atoms with van der Waals surface area (Å²) in [7, 11) is 0. The lowest BCUT2D eigenvalue weighted by molar-refractivity contribution is -0.142. The molecule has 3 aromatic carbocycles. The molecule has 34 heavy (non-hydrogen) atoms. The summed E-state index contributed by atoms with van der Waals surface area (Å²) in [5.74, 6) is 0.263. The fourth-order valence-electron chi connectivity index (χ4n) is 3.75. The van der Waals surface area contributed by atoms with E-state index in [1.165, 1.54) is 5.56 Å². The molecule has 0 saturated carbocycles. The van der Waals surface area contributed by atoms with Gasteiger partial charge in [-0.1, -0.05) is 86.6 Å². The number of carbonyl (C=O) groups is 2. The zero-order valence-electron chi connectivity index (χ0n) is 20.1. The van der Waals surface area contributed by atoms with Crippen LogP contribution >= 0.6 is 0 Å². The van der Waals surface area contributed by atoms with E-state index in [9.17, 15) is 9.59 Å². The van der Waals surface area contributed by atoms with Crippen molar-refractivity contribution in [1.82, 2.24) is 10.2 Å². The molecule has 0 heterocycles. The minimum Gasteiger partial charge on any atom is -0.484 e. The van der Waals surface area contributed by atoms with E-state index in [1.807, 2.05) is 91.9 Å². The summed E-state index contributed by atoms with van der Waals surface area (Å²) in [5.41, 5.74) is 3.17. The molecule has 0 fully saturated rings. The van der Waals surface area contributed by atoms with E-state index >= 15 is 0 Å². The first-order valence-corrected chi connectivity index (χ1v) is 12.0. The third-order valence-corrected chi connectivity index (χ3v) is 5.71. The van der Waals surface area contributed by atoms with Crippen LogP contribution in [0.3, 0.4) is 0 Å². The molecule has 1 N–H and O–H groups in total. The SMILES string of the molecule is CCCNC(=O)C(Cc1ccccc1)N(Cc1ccccc1)C(=O)COc1ccc(CC)cc1. The maximum Gasteiger partial charge on any atom is 0.261 e. The second-order valence-corrected chi connectivity index (χ2v) is 8.29. The second-order valence-electron chi connectivity index (χ2n) is 8.29. The van der Waals surface area contributed by atoms with E-state index < -0.39 is 6.04 Å². The maximum absolute atomic E-state index is 13.5. The van der Waals surface area contributed by atoms with Crippen LogP contribution in [-0.4, -0.2) is 35.9 Å². The van der Waals surface area contributed by atoms with Crippen molar-refractivity contribution < 1.29 is 14.3 Å². The molecular weight excluding hydrogens is 424 g/mol. The molecule has 0 aliphatic rings. The van der Waals surface area contributed by atoms with Gasteiger partial charge in [-0.05, 0) is 41.7 Å². The van der Waals surface area contributed by atoms with Gasteiger partial charge in [-0.15, -0.1) is 0 Å². The van der Waals surface area contributed by atoms with E-state index in [4.69, 9.17) is 4.74 Å². The van der Waals surface area contributed by atoms with E-state index in [0.717, 1.165) is 24.0 Å². The summed E-state index contributed by atoms with van der Waals surface area (Å²) in [6.45, 7) is 4.87. The Balaban J connectivity index is 1.84. The molecule has 1 unspecified atom stereocenters. The number of amides is 2. The van der Waals surface area contributed by atoms with Crippen LogP contribution in [0.2, 0.25) is 0 Å². The molecule has 0 aliphatic heterocycles. The molecule has 0 radical (unpaired) electrons. The maximum atomic E-state index is 13.5. The van der Waals surface area contributed by atoms with Crippen LogP contribution in [0.25, 0.3) is 0 Å². The normalized spacial score (nSPS) is 11.5. The summed E-state index contributed by atoms with van der Waals surface area (Å²) < 4.78 is 5.82. The van der Waals surface area contributed by atoms with E-state index in [0.29, 0.717) is 25.3 Å². The molecule has 3 rings (SSSR count). The molecule has 178 valence electrons. The first kappa shape index (κ1) is 25.0. The largest absolute Gasteiger partial charge is 0.484 e. The Morgan fingerprint density at radius 2 is 1.44 bits per heavy atom. The summed E-state index contributed by atoms with van der Waals surface area (Å²) in [6, 6.07) is 26.7. The third-order valence-electron chi connectivity index (χ3n) is 5.71. The van der Waals surface area contributed by atoms with Crippen molar-refractivity contribution in [2.75, 3.05) is 13.2 Å². The predicted molar refractivity (Wildman–Crippen MR) is 136 cm³/mol. The van der Waals surface area contributed by atoms with Gasteiger partial charge < -0.3 is 15.0 Å². The number of ether oxygens (including phenoxy) is 1. The monoisotopic (exact) mass is 458 g/mol. The van der Waals surface area contributed by atoms with Crippen molar-refractivity contribution in [3.63, 3.8) is 0 Å². The summed E-state index contributed by atoms with van der Waals surface area (Å²) in [5, 5.41) is 2.99. The van der Waals surface area contributed by atoms with Crippen LogP contribution in [0.4, 0.5) is 0 Å². The van der Waals surface area contributed by atoms with Crippen LogP contribution in [0.15, 0.2) is 84.9 Å². The van der Waals surface area contributed by atoms with Gasteiger partial charge in [0.15, 0.2) is 6.61 Å². The molecule has 0 saturated heterocycles. The van der Waals surface area contributed by atoms with Gasteiger partial charge in [-0.2, -0.15) is 0 Å². The lowest BCUT2D eigenvalue weighted by Gasteiger charge is -2.31. The number of aryl methyl sites for hydroxylation is 1. The molecule has 0 aliphatic carbocycles. The summed E-state index contributed by atoms with van der Waals surface area (Å²) >= 11 is 0. The first-order valence-electron chi connectivity index (χ1n) is 12.0. The van der Waals surface area contributed by atoms with Gasteiger partial charge in [0.05, 0.1) is 0 Å². The first-order chi connectivity index (χ1) is 16.6. The number of hydrogen-bond donors (Lipinski definition) is 1. The Hall–Kier alpha value is -3.60. The number of nitrogens with one attached hydrogen (secondary N) is 1. The van der Waals surface area contributed by atoms with Gasteiger partial charge in [0.2, 0.25) is 5.91 Å². The van der Waals surface area contributed by atoms with Crippen LogP contribution in [0, 0.1) is 0 Å². The van der Waals surface area contributed by atoms with Crippen LogP contribution in [0.5, 0.6) is 5.75 Å². The lowest BCUT2D eigenvalue weighted by Crippen LogP contribution is -2.51. The molecule has 5 heteroatoms. The second kappa shape index (κ2) is 13.2. The molecule has 3 aromatic rings. The Bertz CT molecular complexity index is 1020. The molecule has 0 aromatic heterocycles. The fourth-order valence-corrected chi connectivity index (χ4v) is 3.75. The zero-order chi connectivity index (χ0) is 24.2. The van der Waals surface area contributed by atoms with Gasteiger partial charge >= 0.3 is 0 Å². The Labute approximate surface area is 202 Å². The minimum absolute atomic E-state index is 0.134. The van der Waals surface area contributed by atoms with Crippen molar-refractivity contribution >= 4 is 11.8 Å². The van der Waals surface area contributed by atoms with Crippen LogP contribution in [0.1, 0.15) is 37.0 Å². The number of hydrogen-bond acceptors (Lipinski definition) is 3. The highest BCUT2D eigenvalue weighted by atomic mass is 16.5. The van der Waals surface area contributed by atoms with Crippen LogP contribution in [-0.2, 0) is 29.0 Å². The van der Waals surface area contributed by atoms with E-state index in [1.54, 1.807) is 4.90 Å². The van der Waals surface area contributed by atoms with Gasteiger partial charge in [-0.25, -0.2) is 0 Å². The average molecular weight is 459 g/mol. The Morgan fingerprint density at radius 1 is 0.824 bits per heavy atom. The quantitative estimate of drug-likeness (QED) is 0.424. The Kier molecular flexibility index (Phi) is 9.71. The molecular formula is C29H34N2O3. The zero-order valence-corrected chi connectivity index (χ0v) is 20.1. The fraction of sp³-hybridized carbons (Fsp3) is 0.310. The highest BCUT2D eigenvalue weighted by Gasteiger charge is 2.30. The summed E-state index contributed by atoms with van der Waals surface area (Å²) in [4.78, 5) is 28.4. The standard InChI is InChI=1S/C29H34N2O3/c1-3-19-30-29(33)27(20-24-11-7-5-8-12-24)31(21-25-13-9-6-10-14-25)28(32)22-34-26-17-15-23(4-2)16-18-26/h5-18,27H,3-4,19-22H2,1-2H3,(H,30,33). The molecule has 2 amide bonds. The minimum atomic E-state index is -0.646. The number of carbonyl (C=O) groups excluding carboxylic acids is 2. The van der Waals surface area contributed by atoms with Crippen molar-refractivity contribution in [2.24, 2.45) is 0 Å². The molecule has 1 atom stereocenters. The van der Waals surface area contributed by atoms with Crippen LogP contribution < -0.4 is 10.1 Å².